The maximum absolute atomic E-state index is 12.1. The van der Waals surface area contributed by atoms with Crippen molar-refractivity contribution in [3.8, 4) is 5.75 Å². The molecule has 1 atom stereocenters. The molecule has 0 spiro atoms. The van der Waals surface area contributed by atoms with Gasteiger partial charge in [0.2, 0.25) is 5.91 Å². The number of ether oxygens (including phenoxy) is 1. The van der Waals surface area contributed by atoms with Crippen molar-refractivity contribution in [1.29, 1.82) is 0 Å². The first-order chi connectivity index (χ1) is 13.0. The lowest BCUT2D eigenvalue weighted by atomic mass is 10.1. The number of nitro groups is 1. The van der Waals surface area contributed by atoms with E-state index in [0.717, 1.165) is 18.2 Å². The van der Waals surface area contributed by atoms with Crippen LogP contribution in [0.3, 0.4) is 0 Å². The van der Waals surface area contributed by atoms with Crippen LogP contribution in [0.4, 0.5) is 24.5 Å². The van der Waals surface area contributed by atoms with Gasteiger partial charge in [-0.05, 0) is 37.3 Å². The Labute approximate surface area is 156 Å². The second-order valence-corrected chi connectivity index (χ2v) is 5.56. The normalized spacial score (nSPS) is 12.0. The number of nitrogens with zero attached hydrogens (tertiary/aromatic N) is 1. The number of benzene rings is 2. The van der Waals surface area contributed by atoms with Gasteiger partial charge in [-0.1, -0.05) is 6.07 Å². The fourth-order valence-electron chi connectivity index (χ4n) is 2.10. The van der Waals surface area contributed by atoms with Crippen LogP contribution in [-0.2, 0) is 4.79 Å². The molecule has 8 nitrogen and oxygen atoms in total. The summed E-state index contributed by atoms with van der Waals surface area (Å²) in [6, 6.07) is 8.41. The highest BCUT2D eigenvalue weighted by atomic mass is 19.4. The predicted molar refractivity (Wildman–Crippen MR) is 91.8 cm³/mol. The molecule has 0 heterocycles. The molecule has 2 aromatic carbocycles. The van der Waals surface area contributed by atoms with Gasteiger partial charge in [-0.25, -0.2) is 0 Å². The predicted octanol–water partition coefficient (Wildman–Crippen LogP) is 3.25. The number of amides is 2. The Morgan fingerprint density at radius 2 is 1.79 bits per heavy atom. The number of carbonyl (C=O) groups is 2. The minimum Gasteiger partial charge on any atom is -0.406 e. The van der Waals surface area contributed by atoms with Crippen molar-refractivity contribution in [1.82, 2.24) is 5.32 Å². The molecule has 1 unspecified atom stereocenters. The minimum absolute atomic E-state index is 0.00232. The summed E-state index contributed by atoms with van der Waals surface area (Å²) >= 11 is 0. The fraction of sp³-hybridized carbons (Fsp3) is 0.176. The van der Waals surface area contributed by atoms with Crippen molar-refractivity contribution in [3.63, 3.8) is 0 Å². The van der Waals surface area contributed by atoms with Crippen molar-refractivity contribution in [2.75, 3.05) is 5.32 Å². The molecule has 0 aliphatic rings. The molecule has 2 rings (SSSR count). The molecule has 0 saturated carbocycles. The minimum atomic E-state index is -4.82. The molecule has 0 aliphatic heterocycles. The molecule has 148 valence electrons. The summed E-state index contributed by atoms with van der Waals surface area (Å²) in [5, 5.41) is 15.5. The van der Waals surface area contributed by atoms with Crippen LogP contribution >= 0.6 is 0 Å². The summed E-state index contributed by atoms with van der Waals surface area (Å²) in [5.41, 5.74) is -0.0793. The number of halogens is 3. The second kappa shape index (κ2) is 8.37. The number of rotatable bonds is 6. The van der Waals surface area contributed by atoms with E-state index in [4.69, 9.17) is 0 Å². The average Bonchev–Trinajstić information content (AvgIpc) is 2.62. The van der Waals surface area contributed by atoms with Crippen molar-refractivity contribution in [2.24, 2.45) is 0 Å². The Morgan fingerprint density at radius 1 is 1.14 bits per heavy atom. The molecule has 2 aromatic rings. The number of alkyl halides is 3. The van der Waals surface area contributed by atoms with Gasteiger partial charge in [-0.3, -0.25) is 19.7 Å². The monoisotopic (exact) mass is 397 g/mol. The molecule has 0 bridgehead atoms. The molecule has 2 N–H and O–H groups in total. The SMILES string of the molecule is CC(NC(=O)c1cccc([N+](=O)[O-])c1)C(=O)Nc1ccc(OC(F)(F)F)cc1. The topological polar surface area (TPSA) is 111 Å². The van der Waals surface area contributed by atoms with Gasteiger partial charge in [0.25, 0.3) is 11.6 Å². The van der Waals surface area contributed by atoms with Gasteiger partial charge in [-0.2, -0.15) is 0 Å². The smallest absolute Gasteiger partial charge is 0.406 e. The number of carbonyl (C=O) groups excluding carboxylic acids is 2. The summed E-state index contributed by atoms with van der Waals surface area (Å²) in [4.78, 5) is 34.3. The summed E-state index contributed by atoms with van der Waals surface area (Å²) in [7, 11) is 0. The number of non-ortho nitro benzene ring substituents is 1. The van der Waals surface area contributed by atoms with Crippen molar-refractivity contribution < 1.29 is 32.4 Å². The van der Waals surface area contributed by atoms with Gasteiger partial charge in [0.15, 0.2) is 0 Å². The third-order valence-electron chi connectivity index (χ3n) is 3.42. The molecule has 28 heavy (non-hydrogen) atoms. The van der Waals surface area contributed by atoms with Gasteiger partial charge in [-0.15, -0.1) is 13.2 Å². The van der Waals surface area contributed by atoms with Crippen molar-refractivity contribution >= 4 is 23.2 Å². The average molecular weight is 397 g/mol. The van der Waals surface area contributed by atoms with Crippen LogP contribution in [0.5, 0.6) is 5.75 Å². The number of hydrogen-bond acceptors (Lipinski definition) is 5. The molecule has 0 saturated heterocycles. The lowest BCUT2D eigenvalue weighted by molar-refractivity contribution is -0.384. The van der Waals surface area contributed by atoms with Crippen LogP contribution in [0.1, 0.15) is 17.3 Å². The maximum Gasteiger partial charge on any atom is 0.573 e. The van der Waals surface area contributed by atoms with Crippen LogP contribution in [0.15, 0.2) is 48.5 Å². The van der Waals surface area contributed by atoms with Gasteiger partial charge in [0, 0.05) is 23.4 Å². The first-order valence-corrected chi connectivity index (χ1v) is 7.77. The Bertz CT molecular complexity index is 884. The van der Waals surface area contributed by atoms with E-state index in [1.165, 1.54) is 37.3 Å². The van der Waals surface area contributed by atoms with E-state index >= 15 is 0 Å². The van der Waals surface area contributed by atoms with Crippen LogP contribution in [0.25, 0.3) is 0 Å². The summed E-state index contributed by atoms with van der Waals surface area (Å²) in [5.74, 6) is -1.78. The van der Waals surface area contributed by atoms with Crippen LogP contribution in [0.2, 0.25) is 0 Å². The standard InChI is InChI=1S/C17H14F3N3O5/c1-10(21-16(25)11-3-2-4-13(9-11)23(26)27)15(24)22-12-5-7-14(8-6-12)28-17(18,19)20/h2-10H,1H3,(H,21,25)(H,22,24). The first kappa shape index (κ1) is 20.7. The highest BCUT2D eigenvalue weighted by Crippen LogP contribution is 2.24. The third-order valence-corrected chi connectivity index (χ3v) is 3.42. The molecule has 0 aromatic heterocycles. The Balaban J connectivity index is 1.96. The second-order valence-electron chi connectivity index (χ2n) is 5.56. The van der Waals surface area contributed by atoms with E-state index in [1.54, 1.807) is 0 Å². The van der Waals surface area contributed by atoms with Gasteiger partial charge < -0.3 is 15.4 Å². The largest absolute Gasteiger partial charge is 0.573 e. The molecular formula is C17H14F3N3O5. The molecule has 2 amide bonds. The molecule has 0 radical (unpaired) electrons. The fourth-order valence-corrected chi connectivity index (χ4v) is 2.10. The Hall–Kier alpha value is -3.63. The van der Waals surface area contributed by atoms with Crippen LogP contribution in [-0.4, -0.2) is 29.1 Å². The number of hydrogen-bond donors (Lipinski definition) is 2. The van der Waals surface area contributed by atoms with E-state index < -0.39 is 34.9 Å². The van der Waals surface area contributed by atoms with Crippen molar-refractivity contribution in [2.45, 2.75) is 19.3 Å². The van der Waals surface area contributed by atoms with Crippen LogP contribution in [0, 0.1) is 10.1 Å². The Morgan fingerprint density at radius 3 is 2.36 bits per heavy atom. The van der Waals surface area contributed by atoms with Gasteiger partial charge in [0.05, 0.1) is 4.92 Å². The van der Waals surface area contributed by atoms with Gasteiger partial charge in [0.1, 0.15) is 11.8 Å². The summed E-state index contributed by atoms with van der Waals surface area (Å²) < 4.78 is 40.1. The zero-order valence-electron chi connectivity index (χ0n) is 14.3. The summed E-state index contributed by atoms with van der Waals surface area (Å²) in [6.07, 6.45) is -4.82. The molecule has 0 aliphatic carbocycles. The zero-order valence-corrected chi connectivity index (χ0v) is 14.3. The lowest BCUT2D eigenvalue weighted by Gasteiger charge is -2.15. The highest BCUT2D eigenvalue weighted by molar-refractivity contribution is 6.01. The lowest BCUT2D eigenvalue weighted by Crippen LogP contribution is -2.41. The van der Waals surface area contributed by atoms with Gasteiger partial charge >= 0.3 is 6.36 Å². The van der Waals surface area contributed by atoms with Crippen molar-refractivity contribution in [3.05, 3.63) is 64.2 Å². The zero-order chi connectivity index (χ0) is 20.9. The maximum atomic E-state index is 12.1. The highest BCUT2D eigenvalue weighted by Gasteiger charge is 2.31. The van der Waals surface area contributed by atoms with E-state index in [0.29, 0.717) is 0 Å². The van der Waals surface area contributed by atoms with Crippen LogP contribution < -0.4 is 15.4 Å². The van der Waals surface area contributed by atoms with E-state index in [-0.39, 0.29) is 16.9 Å². The summed E-state index contributed by atoms with van der Waals surface area (Å²) in [6.45, 7) is 1.38. The number of anilines is 1. The third kappa shape index (κ3) is 5.97. The molecule has 0 fully saturated rings. The molecule has 11 heteroatoms. The van der Waals surface area contributed by atoms with E-state index in [2.05, 4.69) is 15.4 Å². The first-order valence-electron chi connectivity index (χ1n) is 7.77. The number of nitro benzene ring substituents is 1. The molecular weight excluding hydrogens is 383 g/mol. The Kier molecular flexibility index (Phi) is 6.18. The number of nitrogens with one attached hydrogen (secondary N) is 2. The van der Waals surface area contributed by atoms with E-state index in [9.17, 15) is 32.9 Å². The van der Waals surface area contributed by atoms with E-state index in [1.807, 2.05) is 0 Å². The quantitative estimate of drug-likeness (QED) is 0.574.